The van der Waals surface area contributed by atoms with Crippen molar-refractivity contribution in [3.63, 3.8) is 0 Å². The molecule has 1 N–H and O–H groups in total. The van der Waals surface area contributed by atoms with Crippen molar-refractivity contribution in [2.24, 2.45) is 0 Å². The topological polar surface area (TPSA) is 95.2 Å². The van der Waals surface area contributed by atoms with E-state index < -0.39 is 17.7 Å². The van der Waals surface area contributed by atoms with Crippen molar-refractivity contribution in [2.45, 2.75) is 71.0 Å². The summed E-state index contributed by atoms with van der Waals surface area (Å²) in [4.78, 5) is 17.8. The predicted octanol–water partition coefficient (Wildman–Crippen LogP) is 8.41. The number of aromatic nitrogens is 3. The van der Waals surface area contributed by atoms with Crippen LogP contribution < -0.4 is 9.47 Å². The number of aryl methyl sites for hydroxylation is 1. The van der Waals surface area contributed by atoms with Crippen LogP contribution in [-0.2, 0) is 9.53 Å². The molecule has 46 heavy (non-hydrogen) atoms. The Morgan fingerprint density at radius 3 is 2.54 bits per heavy atom. The van der Waals surface area contributed by atoms with Gasteiger partial charge in [0, 0.05) is 34.0 Å². The first-order valence-electron chi connectivity index (χ1n) is 16.1. The molecule has 2 aliphatic heterocycles. The first-order chi connectivity index (χ1) is 22.2. The molecule has 2 aromatic heterocycles. The van der Waals surface area contributed by atoms with Gasteiger partial charge in [0.15, 0.2) is 11.8 Å². The zero-order chi connectivity index (χ0) is 32.0. The summed E-state index contributed by atoms with van der Waals surface area (Å²) in [5.74, 6) is 0.974. The molecule has 8 heteroatoms. The summed E-state index contributed by atoms with van der Waals surface area (Å²) in [6.07, 6.45) is 2.62. The zero-order valence-electron chi connectivity index (χ0n) is 26.7. The van der Waals surface area contributed by atoms with Crippen molar-refractivity contribution in [2.75, 3.05) is 13.2 Å². The van der Waals surface area contributed by atoms with Gasteiger partial charge in [-0.1, -0.05) is 36.4 Å². The highest BCUT2D eigenvalue weighted by Crippen LogP contribution is 2.42. The van der Waals surface area contributed by atoms with Crippen molar-refractivity contribution in [1.29, 1.82) is 0 Å². The fourth-order valence-corrected chi connectivity index (χ4v) is 6.72. The Balaban J connectivity index is 1.50. The molecule has 0 radical (unpaired) electrons. The van der Waals surface area contributed by atoms with Gasteiger partial charge in [0.1, 0.15) is 11.5 Å². The van der Waals surface area contributed by atoms with Crippen LogP contribution in [0.25, 0.3) is 39.3 Å². The van der Waals surface area contributed by atoms with Gasteiger partial charge in [0.25, 0.3) is 0 Å². The lowest BCUT2D eigenvalue weighted by molar-refractivity contribution is -0.160. The molecule has 3 aromatic carbocycles. The minimum atomic E-state index is -1.25. The standard InChI is InChI=1S/C38H39N3O5/c1-23-34(36(37(42)43)46-38(2,3)4)35-27-15-16-32-29(21-27)24(17-19-45-32)10-7-8-18-44-31-14-6-5-13-28(31)25-11-9-12-26(20-25)30-22-33(39-23)41(35)40-30/h5-6,9,11-16,20-22,24,36H,7-8,10,17-19H2,1-4H3,(H,42,43)/t24-,36+/m1/s1. The van der Waals surface area contributed by atoms with Gasteiger partial charge in [-0.3, -0.25) is 0 Å². The average molecular weight is 618 g/mol. The number of benzene rings is 3. The highest BCUT2D eigenvalue weighted by atomic mass is 16.5. The van der Waals surface area contributed by atoms with Crippen LogP contribution in [0, 0.1) is 6.92 Å². The second kappa shape index (κ2) is 11.9. The molecule has 236 valence electrons. The lowest BCUT2D eigenvalue weighted by atomic mass is 9.86. The number of carboxylic acids is 1. The number of carboxylic acid groups (broad SMARTS) is 1. The fourth-order valence-electron chi connectivity index (χ4n) is 6.72. The van der Waals surface area contributed by atoms with Crippen LogP contribution in [0.2, 0.25) is 0 Å². The van der Waals surface area contributed by atoms with Crippen molar-refractivity contribution in [1.82, 2.24) is 14.6 Å². The van der Waals surface area contributed by atoms with E-state index in [1.54, 1.807) is 4.52 Å². The Bertz CT molecular complexity index is 1940. The lowest BCUT2D eigenvalue weighted by Crippen LogP contribution is -2.29. The zero-order valence-corrected chi connectivity index (χ0v) is 26.7. The highest BCUT2D eigenvalue weighted by Gasteiger charge is 2.34. The number of hydrogen-bond acceptors (Lipinski definition) is 6. The molecular weight excluding hydrogens is 578 g/mol. The number of para-hydroxylation sites is 1. The van der Waals surface area contributed by atoms with Gasteiger partial charge in [-0.2, -0.15) is 5.10 Å². The minimum absolute atomic E-state index is 0.311. The summed E-state index contributed by atoms with van der Waals surface area (Å²) in [6.45, 7) is 8.75. The van der Waals surface area contributed by atoms with Crippen molar-refractivity contribution in [3.05, 3.63) is 89.6 Å². The normalized spacial score (nSPS) is 16.9. The van der Waals surface area contributed by atoms with Crippen LogP contribution in [0.4, 0.5) is 0 Å². The third-order valence-electron chi connectivity index (χ3n) is 8.80. The number of fused-ring (bicyclic) bond motifs is 8. The molecule has 7 rings (SSSR count). The summed E-state index contributed by atoms with van der Waals surface area (Å²) in [5.41, 5.74) is 7.35. The second-order valence-electron chi connectivity index (χ2n) is 13.2. The average Bonchev–Trinajstić information content (AvgIpc) is 3.46. The lowest BCUT2D eigenvalue weighted by Gasteiger charge is -2.29. The SMILES string of the molecule is Cc1nc2cc3nn2c(c1[C@H](OC(C)(C)C)C(=O)O)-c1ccc2c(c1)[C@H](CCCCOc1ccccc1-c1cccc-3c1)CCO2. The highest BCUT2D eigenvalue weighted by molar-refractivity contribution is 5.82. The van der Waals surface area contributed by atoms with E-state index in [1.165, 1.54) is 0 Å². The molecule has 2 atom stereocenters. The van der Waals surface area contributed by atoms with Crippen molar-refractivity contribution < 1.29 is 24.1 Å². The predicted molar refractivity (Wildman–Crippen MR) is 177 cm³/mol. The van der Waals surface area contributed by atoms with Crippen LogP contribution in [-0.4, -0.2) is 44.5 Å². The first kappa shape index (κ1) is 30.0. The van der Waals surface area contributed by atoms with E-state index in [9.17, 15) is 9.90 Å². The van der Waals surface area contributed by atoms with Crippen molar-refractivity contribution in [3.8, 4) is 45.1 Å². The molecule has 0 fully saturated rings. The van der Waals surface area contributed by atoms with Gasteiger partial charge < -0.3 is 19.3 Å². The van der Waals surface area contributed by atoms with Gasteiger partial charge in [0.2, 0.25) is 0 Å². The Morgan fingerprint density at radius 2 is 1.72 bits per heavy atom. The second-order valence-corrected chi connectivity index (χ2v) is 13.2. The molecule has 0 aliphatic carbocycles. The smallest absolute Gasteiger partial charge is 0.337 e. The van der Waals surface area contributed by atoms with E-state index in [0.717, 1.165) is 70.7 Å². The first-order valence-corrected chi connectivity index (χ1v) is 16.1. The van der Waals surface area contributed by atoms with Gasteiger partial charge >= 0.3 is 5.97 Å². The van der Waals surface area contributed by atoms with E-state index >= 15 is 0 Å². The van der Waals surface area contributed by atoms with Crippen LogP contribution in [0.5, 0.6) is 11.5 Å². The maximum atomic E-state index is 12.9. The molecule has 0 amide bonds. The number of hydrogen-bond donors (Lipinski definition) is 1. The van der Waals surface area contributed by atoms with Crippen LogP contribution in [0.15, 0.2) is 72.8 Å². The van der Waals surface area contributed by atoms with E-state index in [0.29, 0.717) is 41.7 Å². The Labute approximate surface area is 269 Å². The van der Waals surface area contributed by atoms with Gasteiger partial charge in [0.05, 0.1) is 30.2 Å². The Morgan fingerprint density at radius 1 is 0.913 bits per heavy atom. The quantitative estimate of drug-likeness (QED) is 0.217. The maximum Gasteiger partial charge on any atom is 0.337 e. The molecule has 2 aliphatic rings. The number of ether oxygens (including phenoxy) is 3. The van der Waals surface area contributed by atoms with Crippen molar-refractivity contribution >= 4 is 11.6 Å². The summed E-state index contributed by atoms with van der Waals surface area (Å²) in [7, 11) is 0. The monoisotopic (exact) mass is 617 g/mol. The summed E-state index contributed by atoms with van der Waals surface area (Å²) >= 11 is 0. The summed E-state index contributed by atoms with van der Waals surface area (Å²) in [5, 5.41) is 15.6. The molecule has 0 saturated heterocycles. The number of carbonyl (C=O) groups is 1. The van der Waals surface area contributed by atoms with Crippen LogP contribution in [0.3, 0.4) is 0 Å². The van der Waals surface area contributed by atoms with E-state index in [1.807, 2.05) is 76.2 Å². The van der Waals surface area contributed by atoms with Gasteiger partial charge in [-0.05, 0) is 101 Å². The van der Waals surface area contributed by atoms with Gasteiger partial charge in [-0.25, -0.2) is 14.3 Å². The minimum Gasteiger partial charge on any atom is -0.493 e. The fraction of sp³-hybridized carbons (Fsp3) is 0.342. The molecule has 0 unspecified atom stereocenters. The van der Waals surface area contributed by atoms with E-state index in [4.69, 9.17) is 24.3 Å². The molecule has 4 heterocycles. The molecule has 6 bridgehead atoms. The largest absolute Gasteiger partial charge is 0.493 e. The maximum absolute atomic E-state index is 12.9. The third-order valence-corrected chi connectivity index (χ3v) is 8.80. The number of nitrogens with zero attached hydrogens (tertiary/aromatic N) is 3. The van der Waals surface area contributed by atoms with Crippen LogP contribution >= 0.6 is 0 Å². The van der Waals surface area contributed by atoms with E-state index in [2.05, 4.69) is 24.3 Å². The van der Waals surface area contributed by atoms with E-state index in [-0.39, 0.29) is 0 Å². The third kappa shape index (κ3) is 5.73. The van der Waals surface area contributed by atoms with Crippen LogP contribution in [0.1, 0.15) is 75.3 Å². The number of aliphatic carboxylic acids is 1. The van der Waals surface area contributed by atoms with Gasteiger partial charge in [-0.15, -0.1) is 0 Å². The molecule has 8 nitrogen and oxygen atoms in total. The molecular formula is C38H39N3O5. The number of rotatable bonds is 3. The Kier molecular flexibility index (Phi) is 7.77. The molecule has 0 saturated carbocycles. The summed E-state index contributed by atoms with van der Waals surface area (Å²) in [6, 6.07) is 24.5. The molecule has 0 spiro atoms. The molecule has 5 aromatic rings. The summed E-state index contributed by atoms with van der Waals surface area (Å²) < 4.78 is 20.5. The Hall–Kier alpha value is -4.69.